The molecule has 0 spiro atoms. The van der Waals surface area contributed by atoms with Crippen molar-refractivity contribution in [3.8, 4) is 0 Å². The Bertz CT molecular complexity index is 602. The molecule has 0 aromatic carbocycles. The van der Waals surface area contributed by atoms with Gasteiger partial charge >= 0.3 is 0 Å². The summed E-state index contributed by atoms with van der Waals surface area (Å²) in [6.45, 7) is 16.9. The zero-order chi connectivity index (χ0) is 21.1. The van der Waals surface area contributed by atoms with Gasteiger partial charge in [-0.25, -0.2) is 0 Å². The van der Waals surface area contributed by atoms with E-state index in [1.165, 1.54) is 0 Å². The van der Waals surface area contributed by atoms with Crippen molar-refractivity contribution in [3.05, 3.63) is 11.7 Å². The fourth-order valence-electron chi connectivity index (χ4n) is 3.41. The van der Waals surface area contributed by atoms with Crippen LogP contribution in [0.5, 0.6) is 0 Å². The summed E-state index contributed by atoms with van der Waals surface area (Å²) in [5.41, 5.74) is 0. The fourth-order valence-corrected chi connectivity index (χ4v) is 3.41. The molecule has 8 nitrogen and oxygen atoms in total. The highest BCUT2D eigenvalue weighted by Gasteiger charge is 2.21. The molecule has 9 heteroatoms. The third-order valence-corrected chi connectivity index (χ3v) is 4.97. The second-order valence-corrected chi connectivity index (χ2v) is 8.38. The fraction of sp³-hybridized carbons (Fsp3) is 0.857. The molecule has 1 unspecified atom stereocenters. The van der Waals surface area contributed by atoms with Gasteiger partial charge in [-0.05, 0) is 25.7 Å². The molecule has 1 aliphatic rings. The van der Waals surface area contributed by atoms with Crippen molar-refractivity contribution in [1.29, 1.82) is 0 Å². The smallest absolute Gasteiger partial charge is 0.226 e. The Morgan fingerprint density at radius 1 is 1.17 bits per heavy atom. The van der Waals surface area contributed by atoms with Gasteiger partial charge < -0.3 is 19.9 Å². The number of nitrogens with zero attached hydrogens (tertiary/aromatic N) is 4. The molecule has 2 N–H and O–H groups in total. The van der Waals surface area contributed by atoms with Crippen molar-refractivity contribution in [3.63, 3.8) is 0 Å². The Morgan fingerprint density at radius 3 is 2.50 bits per heavy atom. The molecular formula is C21H41IN6O2. The Kier molecular flexibility index (Phi) is 13.5. The Balaban J connectivity index is 0.00000450. The first-order valence-electron chi connectivity index (χ1n) is 11.2. The minimum atomic E-state index is 0. The first kappa shape index (κ1) is 27.1. The molecule has 1 aromatic rings. The normalized spacial score (nSPS) is 16.6. The zero-order valence-electron chi connectivity index (χ0n) is 19.3. The second-order valence-electron chi connectivity index (χ2n) is 8.38. The van der Waals surface area contributed by atoms with Gasteiger partial charge in [0.25, 0.3) is 0 Å². The van der Waals surface area contributed by atoms with E-state index >= 15 is 0 Å². The summed E-state index contributed by atoms with van der Waals surface area (Å²) in [5, 5.41) is 10.8. The van der Waals surface area contributed by atoms with E-state index in [0.29, 0.717) is 23.8 Å². The van der Waals surface area contributed by atoms with Crippen molar-refractivity contribution >= 4 is 29.9 Å². The maximum Gasteiger partial charge on any atom is 0.226 e. The lowest BCUT2D eigenvalue weighted by molar-refractivity contribution is 0.0143. The Morgan fingerprint density at radius 2 is 1.90 bits per heavy atom. The molecule has 30 heavy (non-hydrogen) atoms. The molecule has 0 bridgehead atoms. The predicted octanol–water partition coefficient (Wildman–Crippen LogP) is 3.05. The molecular weight excluding hydrogens is 495 g/mol. The number of ether oxygens (including phenoxy) is 1. The molecule has 2 heterocycles. The van der Waals surface area contributed by atoms with Gasteiger partial charge in [-0.2, -0.15) is 4.98 Å². The number of hydrogen-bond donors (Lipinski definition) is 2. The Labute approximate surface area is 199 Å². The van der Waals surface area contributed by atoms with Gasteiger partial charge in [0.2, 0.25) is 5.89 Å². The molecule has 1 fully saturated rings. The lowest BCUT2D eigenvalue weighted by Crippen LogP contribution is -2.46. The minimum absolute atomic E-state index is 0. The average molecular weight is 537 g/mol. The maximum absolute atomic E-state index is 5.52. The monoisotopic (exact) mass is 536 g/mol. The van der Waals surface area contributed by atoms with Crippen LogP contribution in [0.2, 0.25) is 0 Å². The summed E-state index contributed by atoms with van der Waals surface area (Å²) in [6.07, 6.45) is 2.84. The van der Waals surface area contributed by atoms with Crippen LogP contribution in [0, 0.1) is 5.92 Å². The van der Waals surface area contributed by atoms with E-state index < -0.39 is 0 Å². The molecule has 174 valence electrons. The summed E-state index contributed by atoms with van der Waals surface area (Å²) >= 11 is 0. The van der Waals surface area contributed by atoms with Gasteiger partial charge in [0, 0.05) is 44.6 Å². The summed E-state index contributed by atoms with van der Waals surface area (Å²) in [4.78, 5) is 11.8. The van der Waals surface area contributed by atoms with E-state index in [0.717, 1.165) is 77.0 Å². The third kappa shape index (κ3) is 9.91. The molecule has 1 saturated heterocycles. The molecule has 1 aromatic heterocycles. The van der Waals surface area contributed by atoms with Gasteiger partial charge in [0.05, 0.1) is 19.8 Å². The van der Waals surface area contributed by atoms with E-state index in [9.17, 15) is 0 Å². The number of nitrogens with one attached hydrogen (secondary N) is 2. The standard InChI is InChI=1S/C21H40N6O2.HI/c1-6-22-21(23-9-7-8-19-25-20(17(4)5)26-29-19)24-15-18(14-16(2)3)27-10-12-28-13-11-27;/h16-18H,6-15H2,1-5H3,(H2,22,23,24);1H. The summed E-state index contributed by atoms with van der Waals surface area (Å²) in [6, 6.07) is 0.460. The predicted molar refractivity (Wildman–Crippen MR) is 132 cm³/mol. The van der Waals surface area contributed by atoms with Crippen molar-refractivity contribution in [2.45, 2.75) is 65.8 Å². The lowest BCUT2D eigenvalue weighted by Gasteiger charge is -2.34. The highest BCUT2D eigenvalue weighted by atomic mass is 127. The number of aliphatic imine (C=N–C) groups is 1. The highest BCUT2D eigenvalue weighted by Crippen LogP contribution is 2.14. The molecule has 0 amide bonds. The first-order valence-corrected chi connectivity index (χ1v) is 11.2. The Hall–Kier alpha value is -0.940. The maximum atomic E-state index is 5.52. The largest absolute Gasteiger partial charge is 0.379 e. The average Bonchev–Trinajstić information content (AvgIpc) is 3.18. The van der Waals surface area contributed by atoms with E-state index in [4.69, 9.17) is 14.3 Å². The highest BCUT2D eigenvalue weighted by molar-refractivity contribution is 14.0. The van der Waals surface area contributed by atoms with Gasteiger partial charge in [-0.3, -0.25) is 9.89 Å². The summed E-state index contributed by atoms with van der Waals surface area (Å²) in [7, 11) is 0. The SMILES string of the molecule is CCNC(=NCC(CC(C)C)N1CCOCC1)NCCCc1nc(C(C)C)no1.I. The van der Waals surface area contributed by atoms with Crippen molar-refractivity contribution in [2.75, 3.05) is 45.9 Å². The third-order valence-electron chi connectivity index (χ3n) is 4.97. The number of halogens is 1. The van der Waals surface area contributed by atoms with Crippen LogP contribution in [0.1, 0.15) is 65.1 Å². The number of rotatable bonds is 11. The number of aromatic nitrogens is 2. The molecule has 0 radical (unpaired) electrons. The lowest BCUT2D eigenvalue weighted by atomic mass is 10.0. The van der Waals surface area contributed by atoms with E-state index in [2.05, 4.69) is 60.3 Å². The second kappa shape index (κ2) is 15.0. The van der Waals surface area contributed by atoms with Gasteiger partial charge in [0.1, 0.15) is 0 Å². The van der Waals surface area contributed by atoms with Crippen LogP contribution in [-0.2, 0) is 11.2 Å². The quantitative estimate of drug-likeness (QED) is 0.195. The molecule has 1 atom stereocenters. The van der Waals surface area contributed by atoms with E-state index in [1.54, 1.807) is 0 Å². The van der Waals surface area contributed by atoms with E-state index in [1.807, 2.05) is 0 Å². The van der Waals surface area contributed by atoms with Crippen molar-refractivity contribution in [2.24, 2.45) is 10.9 Å². The van der Waals surface area contributed by atoms with E-state index in [-0.39, 0.29) is 24.0 Å². The van der Waals surface area contributed by atoms with Crippen LogP contribution >= 0.6 is 24.0 Å². The van der Waals surface area contributed by atoms with Crippen LogP contribution < -0.4 is 10.6 Å². The zero-order valence-corrected chi connectivity index (χ0v) is 21.6. The van der Waals surface area contributed by atoms with Crippen molar-refractivity contribution in [1.82, 2.24) is 25.7 Å². The van der Waals surface area contributed by atoms with Crippen LogP contribution in [0.15, 0.2) is 9.52 Å². The molecule has 0 saturated carbocycles. The van der Waals surface area contributed by atoms with Crippen molar-refractivity contribution < 1.29 is 9.26 Å². The van der Waals surface area contributed by atoms with Crippen LogP contribution in [0.3, 0.4) is 0 Å². The number of guanidine groups is 1. The first-order chi connectivity index (χ1) is 14.0. The number of hydrogen-bond acceptors (Lipinski definition) is 6. The van der Waals surface area contributed by atoms with Gasteiger partial charge in [-0.1, -0.05) is 32.9 Å². The van der Waals surface area contributed by atoms with Crippen LogP contribution in [0.25, 0.3) is 0 Å². The van der Waals surface area contributed by atoms with Crippen LogP contribution in [-0.4, -0.2) is 73.0 Å². The minimum Gasteiger partial charge on any atom is -0.379 e. The molecule has 2 rings (SSSR count). The number of aryl methyl sites for hydroxylation is 1. The molecule has 0 aliphatic carbocycles. The van der Waals surface area contributed by atoms with Crippen LogP contribution in [0.4, 0.5) is 0 Å². The number of morpholine rings is 1. The topological polar surface area (TPSA) is 87.8 Å². The molecule has 1 aliphatic heterocycles. The summed E-state index contributed by atoms with van der Waals surface area (Å²) in [5.74, 6) is 3.31. The van der Waals surface area contributed by atoms with Gasteiger partial charge in [-0.15, -0.1) is 24.0 Å². The van der Waals surface area contributed by atoms with Gasteiger partial charge in [0.15, 0.2) is 11.8 Å². The summed E-state index contributed by atoms with van der Waals surface area (Å²) < 4.78 is 10.8.